The van der Waals surface area contributed by atoms with Gasteiger partial charge in [-0.2, -0.15) is 0 Å². The van der Waals surface area contributed by atoms with Gasteiger partial charge in [0.15, 0.2) is 5.11 Å². The van der Waals surface area contributed by atoms with E-state index in [1.54, 1.807) is 0 Å². The first-order valence-corrected chi connectivity index (χ1v) is 8.21. The summed E-state index contributed by atoms with van der Waals surface area (Å²) in [5, 5.41) is 6.48. The van der Waals surface area contributed by atoms with Crippen molar-refractivity contribution < 1.29 is 8.78 Å². The standard InChI is InChI=1S/C19H22F2N2S/c1-19(2,3)15-6-4-13(5-7-15)11-22-18(24)23-12-14-8-16(20)10-17(21)9-14/h4-10H,11-12H2,1-3H3,(H2,22,23,24). The van der Waals surface area contributed by atoms with E-state index in [-0.39, 0.29) is 12.0 Å². The highest BCUT2D eigenvalue weighted by Gasteiger charge is 2.12. The second-order valence-electron chi connectivity index (χ2n) is 6.76. The molecule has 2 aromatic carbocycles. The number of halogens is 2. The number of thiocarbonyl (C=S) groups is 1. The van der Waals surface area contributed by atoms with Crippen molar-refractivity contribution in [3.05, 3.63) is 70.8 Å². The first-order chi connectivity index (χ1) is 11.2. The molecule has 0 aromatic heterocycles. The molecule has 0 fully saturated rings. The summed E-state index contributed by atoms with van der Waals surface area (Å²) in [4.78, 5) is 0. The van der Waals surface area contributed by atoms with Gasteiger partial charge in [0.25, 0.3) is 0 Å². The molecule has 0 saturated heterocycles. The SMILES string of the molecule is CC(C)(C)c1ccc(CNC(=S)NCc2cc(F)cc(F)c2)cc1. The Morgan fingerprint density at radius 1 is 0.875 bits per heavy atom. The third kappa shape index (κ3) is 5.57. The number of rotatable bonds is 4. The minimum Gasteiger partial charge on any atom is -0.359 e. The first kappa shape index (κ1) is 18.3. The Balaban J connectivity index is 1.82. The van der Waals surface area contributed by atoms with E-state index in [1.807, 2.05) is 0 Å². The minimum absolute atomic E-state index is 0.128. The van der Waals surface area contributed by atoms with Gasteiger partial charge in [-0.3, -0.25) is 0 Å². The van der Waals surface area contributed by atoms with Crippen molar-refractivity contribution in [2.75, 3.05) is 0 Å². The molecule has 5 heteroatoms. The molecule has 0 amide bonds. The molecule has 0 heterocycles. The summed E-state index contributed by atoms with van der Waals surface area (Å²) in [6.45, 7) is 7.38. The molecule has 2 N–H and O–H groups in total. The van der Waals surface area contributed by atoms with Gasteiger partial charge in [0.05, 0.1) is 0 Å². The molecule has 0 spiro atoms. The van der Waals surface area contributed by atoms with Crippen LogP contribution in [-0.2, 0) is 18.5 Å². The molecule has 0 unspecified atom stereocenters. The molecule has 2 nitrogen and oxygen atoms in total. The van der Waals surface area contributed by atoms with Gasteiger partial charge in [0.2, 0.25) is 0 Å². The predicted octanol–water partition coefficient (Wildman–Crippen LogP) is 4.43. The van der Waals surface area contributed by atoms with Gasteiger partial charge >= 0.3 is 0 Å². The third-order valence-corrected chi connectivity index (χ3v) is 3.94. The average molecular weight is 348 g/mol. The van der Waals surface area contributed by atoms with E-state index in [4.69, 9.17) is 12.2 Å². The fourth-order valence-corrected chi connectivity index (χ4v) is 2.41. The Hall–Kier alpha value is -2.01. The maximum atomic E-state index is 13.1. The van der Waals surface area contributed by atoms with Crippen molar-refractivity contribution >= 4 is 17.3 Å². The second-order valence-corrected chi connectivity index (χ2v) is 7.17. The average Bonchev–Trinajstić information content (AvgIpc) is 2.49. The van der Waals surface area contributed by atoms with Gasteiger partial charge in [0, 0.05) is 19.2 Å². The Bertz CT molecular complexity index is 686. The quantitative estimate of drug-likeness (QED) is 0.800. The smallest absolute Gasteiger partial charge is 0.166 e. The molecular formula is C19H22F2N2S. The molecule has 24 heavy (non-hydrogen) atoms. The molecule has 0 aliphatic rings. The van der Waals surface area contributed by atoms with E-state index >= 15 is 0 Å². The topological polar surface area (TPSA) is 24.1 Å². The maximum absolute atomic E-state index is 13.1. The summed E-state index contributed by atoms with van der Waals surface area (Å²) in [6.07, 6.45) is 0. The molecule has 128 valence electrons. The van der Waals surface area contributed by atoms with Crippen molar-refractivity contribution in [1.29, 1.82) is 0 Å². The highest BCUT2D eigenvalue weighted by molar-refractivity contribution is 7.80. The van der Waals surface area contributed by atoms with Crippen LogP contribution in [0.25, 0.3) is 0 Å². The number of nitrogens with one attached hydrogen (secondary N) is 2. The summed E-state index contributed by atoms with van der Waals surface area (Å²) in [5.41, 5.74) is 3.03. The summed E-state index contributed by atoms with van der Waals surface area (Å²) in [5.74, 6) is -1.19. The molecule has 2 aromatic rings. The molecule has 0 saturated carbocycles. The van der Waals surface area contributed by atoms with Crippen LogP contribution in [-0.4, -0.2) is 5.11 Å². The van der Waals surface area contributed by atoms with Crippen LogP contribution in [0.4, 0.5) is 8.78 Å². The van der Waals surface area contributed by atoms with E-state index in [0.717, 1.165) is 11.6 Å². The summed E-state index contributed by atoms with van der Waals surface area (Å²) in [7, 11) is 0. The van der Waals surface area contributed by atoms with E-state index < -0.39 is 11.6 Å². The van der Waals surface area contributed by atoms with Crippen LogP contribution >= 0.6 is 12.2 Å². The van der Waals surface area contributed by atoms with Gasteiger partial charge < -0.3 is 10.6 Å². The van der Waals surface area contributed by atoms with E-state index in [2.05, 4.69) is 55.7 Å². The number of benzene rings is 2. The van der Waals surface area contributed by atoms with Crippen LogP contribution in [0.2, 0.25) is 0 Å². The molecule has 0 bridgehead atoms. The zero-order valence-electron chi connectivity index (χ0n) is 14.1. The highest BCUT2D eigenvalue weighted by atomic mass is 32.1. The monoisotopic (exact) mass is 348 g/mol. The summed E-state index contributed by atoms with van der Waals surface area (Å²) >= 11 is 5.19. The molecule has 0 radical (unpaired) electrons. The summed E-state index contributed by atoms with van der Waals surface area (Å²) in [6, 6.07) is 11.8. The van der Waals surface area contributed by atoms with Crippen molar-refractivity contribution in [3.63, 3.8) is 0 Å². The molecule has 2 rings (SSSR count). The lowest BCUT2D eigenvalue weighted by atomic mass is 9.87. The Kier molecular flexibility index (Phi) is 5.89. The van der Waals surface area contributed by atoms with E-state index in [9.17, 15) is 8.78 Å². The second kappa shape index (κ2) is 7.71. The predicted molar refractivity (Wildman–Crippen MR) is 97.8 cm³/mol. The lowest BCUT2D eigenvalue weighted by Crippen LogP contribution is -2.34. The fraction of sp³-hybridized carbons (Fsp3) is 0.316. The largest absolute Gasteiger partial charge is 0.359 e. The van der Waals surface area contributed by atoms with Crippen molar-refractivity contribution in [3.8, 4) is 0 Å². The third-order valence-electron chi connectivity index (χ3n) is 3.65. The molecular weight excluding hydrogens is 326 g/mol. The number of hydrogen-bond acceptors (Lipinski definition) is 1. The van der Waals surface area contributed by atoms with E-state index in [1.165, 1.54) is 17.7 Å². The zero-order valence-corrected chi connectivity index (χ0v) is 14.9. The van der Waals surface area contributed by atoms with Crippen LogP contribution in [0.3, 0.4) is 0 Å². The van der Waals surface area contributed by atoms with Gasteiger partial charge in [-0.05, 0) is 46.5 Å². The molecule has 0 aliphatic heterocycles. The first-order valence-electron chi connectivity index (χ1n) is 7.80. The van der Waals surface area contributed by atoms with Crippen molar-refractivity contribution in [1.82, 2.24) is 10.6 Å². The van der Waals surface area contributed by atoms with E-state index in [0.29, 0.717) is 17.2 Å². The van der Waals surface area contributed by atoms with Crippen LogP contribution in [0.1, 0.15) is 37.5 Å². The Morgan fingerprint density at radius 3 is 1.88 bits per heavy atom. The normalized spacial score (nSPS) is 11.2. The Morgan fingerprint density at radius 2 is 1.38 bits per heavy atom. The Labute approximate surface area is 147 Å². The van der Waals surface area contributed by atoms with Crippen LogP contribution in [0.5, 0.6) is 0 Å². The zero-order chi connectivity index (χ0) is 17.7. The van der Waals surface area contributed by atoms with Gasteiger partial charge in [-0.1, -0.05) is 45.0 Å². The lowest BCUT2D eigenvalue weighted by Gasteiger charge is -2.19. The molecule has 0 atom stereocenters. The van der Waals surface area contributed by atoms with Crippen LogP contribution in [0, 0.1) is 11.6 Å². The minimum atomic E-state index is -0.593. The van der Waals surface area contributed by atoms with Gasteiger partial charge in [-0.25, -0.2) is 8.78 Å². The number of hydrogen-bond donors (Lipinski definition) is 2. The van der Waals surface area contributed by atoms with Crippen LogP contribution in [0.15, 0.2) is 42.5 Å². The van der Waals surface area contributed by atoms with Crippen molar-refractivity contribution in [2.24, 2.45) is 0 Å². The molecule has 0 aliphatic carbocycles. The lowest BCUT2D eigenvalue weighted by molar-refractivity contribution is 0.578. The fourth-order valence-electron chi connectivity index (χ4n) is 2.26. The van der Waals surface area contributed by atoms with Crippen LogP contribution < -0.4 is 10.6 Å². The summed E-state index contributed by atoms with van der Waals surface area (Å²) < 4.78 is 26.2. The highest BCUT2D eigenvalue weighted by Crippen LogP contribution is 2.22. The van der Waals surface area contributed by atoms with Crippen molar-refractivity contribution in [2.45, 2.75) is 39.3 Å². The maximum Gasteiger partial charge on any atom is 0.166 e. The van der Waals surface area contributed by atoms with Gasteiger partial charge in [-0.15, -0.1) is 0 Å². The van der Waals surface area contributed by atoms with Gasteiger partial charge in [0.1, 0.15) is 11.6 Å².